The largest absolute Gasteiger partial charge is 0.312 e. The monoisotopic (exact) mass is 371 g/mol. The van der Waals surface area contributed by atoms with E-state index < -0.39 is 17.7 Å². The van der Waals surface area contributed by atoms with Crippen molar-refractivity contribution in [2.75, 3.05) is 11.4 Å². The second-order valence-corrected chi connectivity index (χ2v) is 6.63. The molecule has 1 saturated heterocycles. The van der Waals surface area contributed by atoms with Gasteiger partial charge in [0.05, 0.1) is 5.92 Å². The normalized spacial score (nSPS) is 16.5. The van der Waals surface area contributed by atoms with E-state index in [0.717, 1.165) is 5.56 Å². The van der Waals surface area contributed by atoms with Crippen LogP contribution in [0.25, 0.3) is 0 Å². The molecule has 0 radical (unpaired) electrons. The summed E-state index contributed by atoms with van der Waals surface area (Å²) in [6.45, 7) is 2.14. The van der Waals surface area contributed by atoms with Gasteiger partial charge in [-0.3, -0.25) is 25.2 Å². The van der Waals surface area contributed by atoms with E-state index in [0.29, 0.717) is 16.3 Å². The molecule has 2 aromatic rings. The number of hydrogen-bond donors (Lipinski definition) is 2. The number of hydrazine groups is 1. The minimum Gasteiger partial charge on any atom is -0.312 e. The van der Waals surface area contributed by atoms with Gasteiger partial charge in [-0.25, -0.2) is 0 Å². The van der Waals surface area contributed by atoms with Crippen molar-refractivity contribution in [3.63, 3.8) is 0 Å². The fraction of sp³-hybridized carbons (Fsp3) is 0.211. The van der Waals surface area contributed by atoms with Crippen LogP contribution in [-0.2, 0) is 9.59 Å². The number of benzene rings is 2. The van der Waals surface area contributed by atoms with Crippen molar-refractivity contribution in [1.82, 2.24) is 10.9 Å². The third kappa shape index (κ3) is 4.03. The van der Waals surface area contributed by atoms with Crippen LogP contribution in [0.3, 0.4) is 0 Å². The molecule has 0 aliphatic carbocycles. The third-order valence-corrected chi connectivity index (χ3v) is 4.47. The Balaban J connectivity index is 1.58. The molecule has 3 amide bonds. The van der Waals surface area contributed by atoms with E-state index in [1.165, 1.54) is 0 Å². The van der Waals surface area contributed by atoms with Crippen molar-refractivity contribution in [3.05, 3.63) is 64.7 Å². The lowest BCUT2D eigenvalue weighted by atomic mass is 10.1. The molecule has 134 valence electrons. The van der Waals surface area contributed by atoms with E-state index in [1.807, 2.05) is 13.0 Å². The van der Waals surface area contributed by atoms with Crippen molar-refractivity contribution in [1.29, 1.82) is 0 Å². The number of aryl methyl sites for hydroxylation is 1. The molecular weight excluding hydrogens is 354 g/mol. The molecule has 0 aromatic heterocycles. The van der Waals surface area contributed by atoms with Crippen molar-refractivity contribution >= 4 is 35.0 Å². The van der Waals surface area contributed by atoms with E-state index in [2.05, 4.69) is 10.9 Å². The minimum absolute atomic E-state index is 0.0920. The number of halogens is 1. The Morgan fingerprint density at radius 2 is 1.85 bits per heavy atom. The molecule has 7 heteroatoms. The average Bonchev–Trinajstić information content (AvgIpc) is 3.02. The molecule has 26 heavy (non-hydrogen) atoms. The smallest absolute Gasteiger partial charge is 0.269 e. The summed E-state index contributed by atoms with van der Waals surface area (Å²) in [4.78, 5) is 38.1. The predicted molar refractivity (Wildman–Crippen MR) is 98.7 cm³/mol. The molecule has 6 nitrogen and oxygen atoms in total. The van der Waals surface area contributed by atoms with Crippen molar-refractivity contribution in [2.24, 2.45) is 5.92 Å². The van der Waals surface area contributed by atoms with E-state index in [9.17, 15) is 14.4 Å². The van der Waals surface area contributed by atoms with E-state index in [-0.39, 0.29) is 18.9 Å². The standard InChI is InChI=1S/C19H18ClN3O3/c1-12-3-2-4-13(9-12)18(25)21-22-19(26)14-10-17(24)23(11-14)16-7-5-15(20)6-8-16/h2-9,14H,10-11H2,1H3,(H,21,25)(H,22,26)/t14-/m0/s1. The van der Waals surface area contributed by atoms with Crippen LogP contribution < -0.4 is 15.8 Å². The summed E-state index contributed by atoms with van der Waals surface area (Å²) in [6, 6.07) is 13.9. The van der Waals surface area contributed by atoms with Crippen molar-refractivity contribution in [2.45, 2.75) is 13.3 Å². The number of carbonyl (C=O) groups excluding carboxylic acids is 3. The van der Waals surface area contributed by atoms with Crippen LogP contribution in [-0.4, -0.2) is 24.3 Å². The first-order valence-corrected chi connectivity index (χ1v) is 8.54. The summed E-state index contributed by atoms with van der Waals surface area (Å²) in [5.74, 6) is -1.47. The summed E-state index contributed by atoms with van der Waals surface area (Å²) < 4.78 is 0. The lowest BCUT2D eigenvalue weighted by Gasteiger charge is -2.17. The van der Waals surface area contributed by atoms with Gasteiger partial charge in [-0.1, -0.05) is 29.3 Å². The van der Waals surface area contributed by atoms with Gasteiger partial charge in [0.1, 0.15) is 0 Å². The summed E-state index contributed by atoms with van der Waals surface area (Å²) in [5, 5.41) is 0.577. The first kappa shape index (κ1) is 17.9. The second-order valence-electron chi connectivity index (χ2n) is 6.19. The Bertz CT molecular complexity index is 851. The molecule has 3 rings (SSSR count). The highest BCUT2D eigenvalue weighted by Gasteiger charge is 2.35. The Morgan fingerprint density at radius 1 is 1.12 bits per heavy atom. The maximum absolute atomic E-state index is 12.3. The third-order valence-electron chi connectivity index (χ3n) is 4.21. The van der Waals surface area contributed by atoms with Gasteiger partial charge in [0.15, 0.2) is 0 Å². The first-order valence-electron chi connectivity index (χ1n) is 8.17. The number of carbonyl (C=O) groups is 3. The number of rotatable bonds is 3. The van der Waals surface area contributed by atoms with Crippen LogP contribution in [0.15, 0.2) is 48.5 Å². The fourth-order valence-electron chi connectivity index (χ4n) is 2.83. The van der Waals surface area contributed by atoms with Gasteiger partial charge in [0.25, 0.3) is 5.91 Å². The zero-order chi connectivity index (χ0) is 18.7. The quantitative estimate of drug-likeness (QED) is 0.813. The van der Waals surface area contributed by atoms with Crippen LogP contribution in [0.5, 0.6) is 0 Å². The number of hydrogen-bond acceptors (Lipinski definition) is 3. The maximum Gasteiger partial charge on any atom is 0.269 e. The molecular formula is C19H18ClN3O3. The summed E-state index contributed by atoms with van der Waals surface area (Å²) in [6.07, 6.45) is 0.0920. The number of nitrogens with one attached hydrogen (secondary N) is 2. The molecule has 0 spiro atoms. The Hall–Kier alpha value is -2.86. The first-order chi connectivity index (χ1) is 12.4. The molecule has 2 aromatic carbocycles. The van der Waals surface area contributed by atoms with E-state index in [4.69, 9.17) is 11.6 Å². The minimum atomic E-state index is -0.531. The van der Waals surface area contributed by atoms with E-state index >= 15 is 0 Å². The zero-order valence-corrected chi connectivity index (χ0v) is 14.9. The Labute approximate surface area is 156 Å². The topological polar surface area (TPSA) is 78.5 Å². The van der Waals surface area contributed by atoms with Gasteiger partial charge in [0.2, 0.25) is 11.8 Å². The number of anilines is 1. The van der Waals surface area contributed by atoms with Crippen LogP contribution in [0.2, 0.25) is 5.02 Å². The zero-order valence-electron chi connectivity index (χ0n) is 14.2. The highest BCUT2D eigenvalue weighted by molar-refractivity contribution is 6.30. The summed E-state index contributed by atoms with van der Waals surface area (Å²) >= 11 is 5.86. The number of nitrogens with zero attached hydrogens (tertiary/aromatic N) is 1. The lowest BCUT2D eigenvalue weighted by Crippen LogP contribution is -2.45. The van der Waals surface area contributed by atoms with Gasteiger partial charge in [-0.05, 0) is 43.3 Å². The van der Waals surface area contributed by atoms with E-state index in [1.54, 1.807) is 47.4 Å². The maximum atomic E-state index is 12.3. The molecule has 1 aliphatic rings. The SMILES string of the molecule is Cc1cccc(C(=O)NNC(=O)[C@H]2CC(=O)N(c3ccc(Cl)cc3)C2)c1. The van der Waals surface area contributed by atoms with Crippen LogP contribution in [0.1, 0.15) is 22.3 Å². The lowest BCUT2D eigenvalue weighted by molar-refractivity contribution is -0.126. The van der Waals surface area contributed by atoms with Crippen molar-refractivity contribution < 1.29 is 14.4 Å². The fourth-order valence-corrected chi connectivity index (χ4v) is 2.96. The number of amides is 3. The Morgan fingerprint density at radius 3 is 2.54 bits per heavy atom. The van der Waals surface area contributed by atoms with Crippen molar-refractivity contribution in [3.8, 4) is 0 Å². The molecule has 0 bridgehead atoms. The van der Waals surface area contributed by atoms with Gasteiger partial charge in [-0.15, -0.1) is 0 Å². The highest BCUT2D eigenvalue weighted by Crippen LogP contribution is 2.26. The predicted octanol–water partition coefficient (Wildman–Crippen LogP) is 2.46. The Kier molecular flexibility index (Phi) is 5.23. The summed E-state index contributed by atoms with van der Waals surface area (Å²) in [7, 11) is 0. The molecule has 1 aliphatic heterocycles. The highest BCUT2D eigenvalue weighted by atomic mass is 35.5. The van der Waals surface area contributed by atoms with Gasteiger partial charge in [0, 0.05) is 29.2 Å². The van der Waals surface area contributed by atoms with Gasteiger partial charge < -0.3 is 4.90 Å². The van der Waals surface area contributed by atoms with Gasteiger partial charge in [-0.2, -0.15) is 0 Å². The molecule has 1 atom stereocenters. The average molecular weight is 372 g/mol. The van der Waals surface area contributed by atoms with Crippen LogP contribution >= 0.6 is 11.6 Å². The molecule has 0 saturated carbocycles. The molecule has 0 unspecified atom stereocenters. The molecule has 2 N–H and O–H groups in total. The van der Waals surface area contributed by atoms with Crippen LogP contribution in [0.4, 0.5) is 5.69 Å². The summed E-state index contributed by atoms with van der Waals surface area (Å²) in [5.41, 5.74) is 6.89. The molecule has 1 heterocycles. The second kappa shape index (κ2) is 7.58. The van der Waals surface area contributed by atoms with Gasteiger partial charge >= 0.3 is 0 Å². The molecule has 1 fully saturated rings. The van der Waals surface area contributed by atoms with Crippen LogP contribution in [0, 0.1) is 12.8 Å².